The van der Waals surface area contributed by atoms with Crippen LogP contribution in [0.25, 0.3) is 16.9 Å². The molecule has 1 unspecified atom stereocenters. The number of rotatable bonds is 11. The van der Waals surface area contributed by atoms with Crippen molar-refractivity contribution in [3.8, 4) is 17.5 Å². The van der Waals surface area contributed by atoms with Gasteiger partial charge in [-0.05, 0) is 64.8 Å². The number of carbonyl (C=O) groups is 2. The van der Waals surface area contributed by atoms with E-state index < -0.39 is 29.3 Å². The number of nitriles is 1. The molecular formula is C26H32FN7O4. The SMILES string of the molecule is CC(C)(CCCNC(=O)O)Nc1cc(-c2ccc3cc(C#N)cnn23)ncc1C(=O)NCC(F)C(C)(C)O. The molecule has 0 saturated carbocycles. The number of hydrogen-bond acceptors (Lipinski definition) is 7. The van der Waals surface area contributed by atoms with Crippen LogP contribution in [0.5, 0.6) is 0 Å². The normalized spacial score (nSPS) is 12.6. The fraction of sp³-hybridized carbons (Fsp3) is 0.423. The molecule has 0 saturated heterocycles. The highest BCUT2D eigenvalue weighted by Crippen LogP contribution is 2.28. The summed E-state index contributed by atoms with van der Waals surface area (Å²) in [5.74, 6) is -0.571. The molecule has 0 radical (unpaired) electrons. The van der Waals surface area contributed by atoms with Gasteiger partial charge in [-0.1, -0.05) is 0 Å². The number of carboxylic acid groups (broad SMARTS) is 1. The van der Waals surface area contributed by atoms with E-state index in [1.54, 1.807) is 28.8 Å². The number of halogens is 1. The molecular weight excluding hydrogens is 493 g/mol. The van der Waals surface area contributed by atoms with Gasteiger partial charge in [0.1, 0.15) is 12.2 Å². The molecule has 3 heterocycles. The van der Waals surface area contributed by atoms with Crippen molar-refractivity contribution in [2.75, 3.05) is 18.4 Å². The third kappa shape index (κ3) is 7.17. The van der Waals surface area contributed by atoms with Crippen LogP contribution in [-0.2, 0) is 0 Å². The van der Waals surface area contributed by atoms with Crippen LogP contribution >= 0.6 is 0 Å². The number of aliphatic hydroxyl groups is 1. The lowest BCUT2D eigenvalue weighted by atomic mass is 9.97. The Balaban J connectivity index is 1.93. The maximum atomic E-state index is 14.3. The standard InChI is InChI=1S/C26H32FN7O4/c1-25(2,8-5-9-29-24(36)37)33-19-11-20(21-7-6-17-10-16(12-28)13-32-34(17)21)30-14-18(19)23(35)31-15-22(27)26(3,4)38/h6-7,10-11,13-14,22,29,38H,5,8-9,15H2,1-4H3,(H,30,33)(H,31,35)(H,36,37). The Morgan fingerprint density at radius 2 is 1.92 bits per heavy atom. The zero-order chi connectivity index (χ0) is 28.1. The zero-order valence-corrected chi connectivity index (χ0v) is 21.7. The molecule has 38 heavy (non-hydrogen) atoms. The molecule has 2 amide bonds. The highest BCUT2D eigenvalue weighted by molar-refractivity contribution is 6.00. The topological polar surface area (TPSA) is 165 Å². The number of alkyl halides is 1. The lowest BCUT2D eigenvalue weighted by molar-refractivity contribution is -0.00177. The predicted molar refractivity (Wildman–Crippen MR) is 140 cm³/mol. The van der Waals surface area contributed by atoms with Gasteiger partial charge in [0.05, 0.1) is 52.1 Å². The summed E-state index contributed by atoms with van der Waals surface area (Å²) in [4.78, 5) is 28.2. The highest BCUT2D eigenvalue weighted by atomic mass is 19.1. The smallest absolute Gasteiger partial charge is 0.404 e. The fourth-order valence-electron chi connectivity index (χ4n) is 3.81. The van der Waals surface area contributed by atoms with Crippen LogP contribution in [0.3, 0.4) is 0 Å². The molecule has 3 aromatic heterocycles. The molecule has 0 spiro atoms. The molecule has 0 aliphatic rings. The van der Waals surface area contributed by atoms with Crippen molar-refractivity contribution in [1.29, 1.82) is 5.26 Å². The van der Waals surface area contributed by atoms with E-state index in [-0.39, 0.29) is 18.7 Å². The molecule has 0 aromatic carbocycles. The number of pyridine rings is 1. The molecule has 3 aromatic rings. The number of amides is 2. The first-order valence-electron chi connectivity index (χ1n) is 12.1. The maximum Gasteiger partial charge on any atom is 0.404 e. The van der Waals surface area contributed by atoms with Crippen LogP contribution < -0.4 is 16.0 Å². The van der Waals surface area contributed by atoms with Crippen molar-refractivity contribution in [2.45, 2.75) is 57.8 Å². The van der Waals surface area contributed by atoms with Crippen molar-refractivity contribution in [3.63, 3.8) is 0 Å². The summed E-state index contributed by atoms with van der Waals surface area (Å²) in [5, 5.41) is 40.3. The van der Waals surface area contributed by atoms with Gasteiger partial charge < -0.3 is 26.2 Å². The van der Waals surface area contributed by atoms with Gasteiger partial charge in [-0.25, -0.2) is 13.7 Å². The van der Waals surface area contributed by atoms with Crippen molar-refractivity contribution in [2.24, 2.45) is 0 Å². The molecule has 5 N–H and O–H groups in total. The molecule has 1 atom stereocenters. The largest absolute Gasteiger partial charge is 0.465 e. The van der Waals surface area contributed by atoms with Gasteiger partial charge in [-0.3, -0.25) is 9.78 Å². The average Bonchev–Trinajstić information content (AvgIpc) is 3.27. The summed E-state index contributed by atoms with van der Waals surface area (Å²) >= 11 is 0. The lowest BCUT2D eigenvalue weighted by Gasteiger charge is -2.29. The number of nitrogens with zero attached hydrogens (tertiary/aromatic N) is 4. The second-order valence-electron chi connectivity index (χ2n) is 10.2. The molecule has 0 fully saturated rings. The van der Waals surface area contributed by atoms with Gasteiger partial charge >= 0.3 is 6.09 Å². The van der Waals surface area contributed by atoms with Crippen LogP contribution in [0.15, 0.2) is 36.7 Å². The van der Waals surface area contributed by atoms with Crippen LogP contribution in [0.1, 0.15) is 56.5 Å². The third-order valence-electron chi connectivity index (χ3n) is 5.98. The van der Waals surface area contributed by atoms with Crippen molar-refractivity contribution in [1.82, 2.24) is 25.2 Å². The second-order valence-corrected chi connectivity index (χ2v) is 10.2. The number of nitrogens with one attached hydrogen (secondary N) is 3. The van der Waals surface area contributed by atoms with Crippen molar-refractivity contribution < 1.29 is 24.2 Å². The minimum absolute atomic E-state index is 0.175. The van der Waals surface area contributed by atoms with E-state index in [0.29, 0.717) is 41.0 Å². The van der Waals surface area contributed by atoms with Gasteiger partial charge in [0.15, 0.2) is 0 Å². The number of fused-ring (bicyclic) bond motifs is 1. The Morgan fingerprint density at radius 3 is 2.58 bits per heavy atom. The first-order chi connectivity index (χ1) is 17.8. The second kappa shape index (κ2) is 11.4. The van der Waals surface area contributed by atoms with E-state index in [2.05, 4.69) is 32.1 Å². The molecule has 0 aliphatic carbocycles. The summed E-state index contributed by atoms with van der Waals surface area (Å²) in [5.41, 5.74) is 0.699. The number of carbonyl (C=O) groups excluding carboxylic acids is 1. The van der Waals surface area contributed by atoms with E-state index in [9.17, 15) is 19.1 Å². The maximum absolute atomic E-state index is 14.3. The predicted octanol–water partition coefficient (Wildman–Crippen LogP) is 3.35. The van der Waals surface area contributed by atoms with E-state index in [1.807, 2.05) is 13.8 Å². The number of aromatic nitrogens is 3. The quantitative estimate of drug-likeness (QED) is 0.238. The van der Waals surface area contributed by atoms with E-state index >= 15 is 0 Å². The summed E-state index contributed by atoms with van der Waals surface area (Å²) in [7, 11) is 0. The van der Waals surface area contributed by atoms with E-state index in [1.165, 1.54) is 26.2 Å². The molecule has 12 heteroatoms. The van der Waals surface area contributed by atoms with E-state index in [0.717, 1.165) is 0 Å². The summed E-state index contributed by atoms with van der Waals surface area (Å²) in [6.45, 7) is 6.37. The summed E-state index contributed by atoms with van der Waals surface area (Å²) in [6, 6.07) is 9.04. The molecule has 0 bridgehead atoms. The van der Waals surface area contributed by atoms with Gasteiger partial charge in [0.25, 0.3) is 5.91 Å². The monoisotopic (exact) mass is 525 g/mol. The molecule has 3 rings (SSSR count). The van der Waals surface area contributed by atoms with E-state index in [4.69, 9.17) is 10.4 Å². The minimum Gasteiger partial charge on any atom is -0.465 e. The highest BCUT2D eigenvalue weighted by Gasteiger charge is 2.28. The van der Waals surface area contributed by atoms with Gasteiger partial charge in [-0.2, -0.15) is 10.4 Å². The third-order valence-corrected chi connectivity index (χ3v) is 5.98. The van der Waals surface area contributed by atoms with Crippen molar-refractivity contribution >= 4 is 23.2 Å². The first-order valence-corrected chi connectivity index (χ1v) is 12.1. The number of anilines is 1. The van der Waals surface area contributed by atoms with Crippen LogP contribution in [0.2, 0.25) is 0 Å². The molecule has 0 aliphatic heterocycles. The lowest BCUT2D eigenvalue weighted by Crippen LogP contribution is -2.42. The van der Waals surface area contributed by atoms with Crippen molar-refractivity contribution in [3.05, 3.63) is 47.8 Å². The van der Waals surface area contributed by atoms with Crippen LogP contribution in [-0.4, -0.2) is 67.2 Å². The molecule has 202 valence electrons. The zero-order valence-electron chi connectivity index (χ0n) is 21.7. The fourth-order valence-corrected chi connectivity index (χ4v) is 3.81. The van der Waals surface area contributed by atoms with Gasteiger partial charge in [0.2, 0.25) is 0 Å². The molecule has 11 nitrogen and oxygen atoms in total. The van der Waals surface area contributed by atoms with Crippen LogP contribution in [0.4, 0.5) is 14.9 Å². The average molecular weight is 526 g/mol. The van der Waals surface area contributed by atoms with Gasteiger partial charge in [-0.15, -0.1) is 0 Å². The first kappa shape index (κ1) is 28.3. The summed E-state index contributed by atoms with van der Waals surface area (Å²) in [6.07, 6.45) is 1.18. The Labute approximate surface area is 219 Å². The summed E-state index contributed by atoms with van der Waals surface area (Å²) < 4.78 is 15.9. The Bertz CT molecular complexity index is 1360. The van der Waals surface area contributed by atoms with Gasteiger partial charge in [0, 0.05) is 18.3 Å². The van der Waals surface area contributed by atoms with Crippen LogP contribution in [0, 0.1) is 11.3 Å². The Morgan fingerprint density at radius 1 is 1.18 bits per heavy atom. The number of hydrogen-bond donors (Lipinski definition) is 5. The minimum atomic E-state index is -1.68. The Hall–Kier alpha value is -4.24. The Kier molecular flexibility index (Phi) is 8.53.